The highest BCUT2D eigenvalue weighted by Gasteiger charge is 2.24. The highest BCUT2D eigenvalue weighted by atomic mass is 32.2. The third-order valence-electron chi connectivity index (χ3n) is 5.49. The minimum absolute atomic E-state index is 0.00427. The lowest BCUT2D eigenvalue weighted by Crippen LogP contribution is -2.48. The second-order valence-electron chi connectivity index (χ2n) is 7.38. The van der Waals surface area contributed by atoms with Crippen molar-refractivity contribution in [3.63, 3.8) is 0 Å². The zero-order valence-corrected chi connectivity index (χ0v) is 15.8. The van der Waals surface area contributed by atoms with Gasteiger partial charge in [-0.05, 0) is 49.9 Å². The van der Waals surface area contributed by atoms with Crippen LogP contribution in [0.25, 0.3) is 0 Å². The molecule has 0 bridgehead atoms. The number of sulfonamides is 1. The van der Waals surface area contributed by atoms with Crippen LogP contribution in [-0.2, 0) is 10.0 Å². The molecule has 6 nitrogen and oxygen atoms in total. The van der Waals surface area contributed by atoms with Gasteiger partial charge in [0.2, 0.25) is 10.0 Å². The Morgan fingerprint density at radius 2 is 1.46 bits per heavy atom. The van der Waals surface area contributed by atoms with Gasteiger partial charge in [0, 0.05) is 17.8 Å². The molecule has 26 heavy (non-hydrogen) atoms. The van der Waals surface area contributed by atoms with Crippen molar-refractivity contribution in [2.45, 2.75) is 81.2 Å². The normalized spacial score (nSPS) is 20.0. The van der Waals surface area contributed by atoms with E-state index in [0.29, 0.717) is 5.69 Å². The smallest absolute Gasteiger partial charge is 0.240 e. The molecule has 0 radical (unpaired) electrons. The predicted octanol–water partition coefficient (Wildman–Crippen LogP) is 2.78. The summed E-state index contributed by atoms with van der Waals surface area (Å²) < 4.78 is 27.9. The lowest BCUT2D eigenvalue weighted by atomic mass is 9.94. The molecule has 0 saturated heterocycles. The molecule has 0 unspecified atom stereocenters. The third-order valence-corrected chi connectivity index (χ3v) is 7.03. The van der Waals surface area contributed by atoms with Gasteiger partial charge in [0.1, 0.15) is 6.09 Å². The van der Waals surface area contributed by atoms with E-state index in [9.17, 15) is 18.3 Å². The molecule has 1 aromatic carbocycles. The number of carboxylic acid groups (broad SMARTS) is 1. The lowest BCUT2D eigenvalue weighted by Gasteiger charge is -2.36. The first-order valence-corrected chi connectivity index (χ1v) is 11.1. The largest absolute Gasteiger partial charge is 0.530 e. The number of nitrogens with one attached hydrogen (secondary N) is 1. The highest BCUT2D eigenvalue weighted by Crippen LogP contribution is 2.28. The molecule has 7 heteroatoms. The molecule has 144 valence electrons. The number of amides is 1. The number of nitrogens with zero attached hydrogens (tertiary/aromatic N) is 1. The van der Waals surface area contributed by atoms with E-state index in [1.54, 1.807) is 12.1 Å². The molecule has 2 fully saturated rings. The first-order valence-electron chi connectivity index (χ1n) is 9.60. The summed E-state index contributed by atoms with van der Waals surface area (Å²) in [6.45, 7) is 0. The van der Waals surface area contributed by atoms with Gasteiger partial charge in [-0.1, -0.05) is 38.5 Å². The quantitative estimate of drug-likeness (QED) is 0.852. The Hall–Kier alpha value is -1.60. The van der Waals surface area contributed by atoms with E-state index in [1.165, 1.54) is 17.0 Å². The molecular weight excluding hydrogens is 352 g/mol. The second kappa shape index (κ2) is 8.39. The molecule has 1 amide bonds. The maximum atomic E-state index is 12.6. The second-order valence-corrected chi connectivity index (χ2v) is 9.09. The molecule has 0 aliphatic heterocycles. The molecule has 0 atom stereocenters. The van der Waals surface area contributed by atoms with E-state index in [2.05, 4.69) is 4.72 Å². The molecule has 1 N–H and O–H groups in total. The Bertz CT molecular complexity index is 706. The number of carbonyl (C=O) groups excluding carboxylic acids is 1. The van der Waals surface area contributed by atoms with Crippen LogP contribution in [0.15, 0.2) is 29.2 Å². The van der Waals surface area contributed by atoms with E-state index < -0.39 is 16.1 Å². The van der Waals surface area contributed by atoms with Gasteiger partial charge in [0.05, 0.1) is 4.90 Å². The average molecular weight is 380 g/mol. The summed E-state index contributed by atoms with van der Waals surface area (Å²) >= 11 is 0. The molecule has 3 rings (SSSR count). The van der Waals surface area contributed by atoms with E-state index in [-0.39, 0.29) is 17.0 Å². The van der Waals surface area contributed by atoms with Crippen molar-refractivity contribution < 1.29 is 18.3 Å². The van der Waals surface area contributed by atoms with Crippen LogP contribution >= 0.6 is 0 Å². The van der Waals surface area contributed by atoms with Crippen molar-refractivity contribution in [3.8, 4) is 0 Å². The van der Waals surface area contributed by atoms with Gasteiger partial charge in [-0.3, -0.25) is 0 Å². The summed E-state index contributed by atoms with van der Waals surface area (Å²) in [6.07, 6.45) is 8.55. The van der Waals surface area contributed by atoms with Crippen LogP contribution in [0, 0.1) is 0 Å². The van der Waals surface area contributed by atoms with E-state index in [0.717, 1.165) is 64.2 Å². The Kier molecular flexibility index (Phi) is 6.19. The number of carbonyl (C=O) groups is 1. The lowest BCUT2D eigenvalue weighted by molar-refractivity contribution is -0.247. The van der Waals surface area contributed by atoms with Gasteiger partial charge >= 0.3 is 0 Å². The van der Waals surface area contributed by atoms with Crippen LogP contribution in [-0.4, -0.2) is 26.6 Å². The van der Waals surface area contributed by atoms with Crippen molar-refractivity contribution in [2.24, 2.45) is 0 Å². The van der Waals surface area contributed by atoms with Gasteiger partial charge in [-0.2, -0.15) is 0 Å². The SMILES string of the molecule is O=C([O-])N(c1ccc(S(=O)(=O)NC2CCCCC2)cc1)C1CCCCC1. The fourth-order valence-corrected chi connectivity index (χ4v) is 5.40. The van der Waals surface area contributed by atoms with Crippen LogP contribution in [0.1, 0.15) is 64.2 Å². The maximum Gasteiger partial charge on any atom is 0.240 e. The van der Waals surface area contributed by atoms with Gasteiger partial charge in [0.25, 0.3) is 0 Å². The third kappa shape index (κ3) is 4.57. The Balaban J connectivity index is 1.74. The van der Waals surface area contributed by atoms with Crippen LogP contribution in [0.3, 0.4) is 0 Å². The van der Waals surface area contributed by atoms with Gasteiger partial charge in [0.15, 0.2) is 0 Å². The van der Waals surface area contributed by atoms with Crippen molar-refractivity contribution in [3.05, 3.63) is 24.3 Å². The first-order chi connectivity index (χ1) is 12.5. The average Bonchev–Trinajstić information content (AvgIpc) is 2.63. The fraction of sp³-hybridized carbons (Fsp3) is 0.632. The van der Waals surface area contributed by atoms with Crippen molar-refractivity contribution in [1.82, 2.24) is 4.72 Å². The Labute approximate surface area is 155 Å². The topological polar surface area (TPSA) is 89.5 Å². The van der Waals surface area contributed by atoms with Crippen molar-refractivity contribution >= 4 is 21.8 Å². The molecule has 2 aliphatic rings. The standard InChI is InChI=1S/C19H28N2O4S/c22-19(23)21(16-9-5-2-6-10-16)17-11-13-18(14-12-17)26(24,25)20-15-7-3-1-4-8-15/h11-16,20H,1-10H2,(H,22,23)/p-1. The van der Waals surface area contributed by atoms with Crippen LogP contribution in [0.4, 0.5) is 10.5 Å². The van der Waals surface area contributed by atoms with Gasteiger partial charge in [-0.15, -0.1) is 0 Å². The van der Waals surface area contributed by atoms with Crippen molar-refractivity contribution in [1.29, 1.82) is 0 Å². The summed E-state index contributed by atoms with van der Waals surface area (Å²) in [5, 5.41) is 11.6. The maximum absolute atomic E-state index is 12.6. The van der Waals surface area contributed by atoms with E-state index in [4.69, 9.17) is 0 Å². The Morgan fingerprint density at radius 3 is 2.00 bits per heavy atom. The molecule has 2 saturated carbocycles. The number of hydrogen-bond acceptors (Lipinski definition) is 4. The minimum atomic E-state index is -3.58. The Morgan fingerprint density at radius 1 is 0.923 bits per heavy atom. The zero-order valence-electron chi connectivity index (χ0n) is 15.0. The first kappa shape index (κ1) is 19.2. The van der Waals surface area contributed by atoms with Crippen LogP contribution < -0.4 is 14.7 Å². The summed E-state index contributed by atoms with van der Waals surface area (Å²) in [5.41, 5.74) is 0.480. The molecule has 2 aliphatic carbocycles. The summed E-state index contributed by atoms with van der Waals surface area (Å²) in [5.74, 6) is 0. The molecule has 1 aromatic rings. The van der Waals surface area contributed by atoms with Gasteiger partial charge < -0.3 is 14.8 Å². The number of benzene rings is 1. The predicted molar refractivity (Wildman–Crippen MR) is 98.4 cm³/mol. The monoisotopic (exact) mass is 379 g/mol. The molecular formula is C19H27N2O4S-. The van der Waals surface area contributed by atoms with Crippen LogP contribution in [0.2, 0.25) is 0 Å². The number of rotatable bonds is 5. The van der Waals surface area contributed by atoms with Crippen LogP contribution in [0.5, 0.6) is 0 Å². The number of hydrogen-bond donors (Lipinski definition) is 1. The summed E-state index contributed by atoms with van der Waals surface area (Å²) in [7, 11) is -3.58. The number of anilines is 1. The summed E-state index contributed by atoms with van der Waals surface area (Å²) in [6, 6.07) is 6.02. The highest BCUT2D eigenvalue weighted by molar-refractivity contribution is 7.89. The molecule has 0 spiro atoms. The fourth-order valence-electron chi connectivity index (χ4n) is 4.10. The van der Waals surface area contributed by atoms with Gasteiger partial charge in [-0.25, -0.2) is 13.1 Å². The van der Waals surface area contributed by atoms with E-state index in [1.807, 2.05) is 0 Å². The zero-order chi connectivity index (χ0) is 18.6. The summed E-state index contributed by atoms with van der Waals surface area (Å²) in [4.78, 5) is 13.1. The molecule has 0 aromatic heterocycles. The van der Waals surface area contributed by atoms with Crippen molar-refractivity contribution in [2.75, 3.05) is 4.90 Å². The molecule has 0 heterocycles. The van der Waals surface area contributed by atoms with E-state index >= 15 is 0 Å². The minimum Gasteiger partial charge on any atom is -0.530 e.